The number of carbonyl (C=O) groups excluding carboxylic acids is 1. The molecular formula is C30H27FN4O6S. The van der Waals surface area contributed by atoms with Crippen LogP contribution in [0.1, 0.15) is 36.4 Å². The van der Waals surface area contributed by atoms with E-state index < -0.39 is 10.0 Å². The minimum Gasteiger partial charge on any atom is -0.470 e. The van der Waals surface area contributed by atoms with Crippen LogP contribution in [-0.2, 0) is 21.6 Å². The molecular weight excluding hydrogens is 563 g/mol. The SMILES string of the molecule is CCC(=O)c1c(/C(C)=N/OC)oc2cc(N(C)S(C)(=O)=O)c(-c3ccc4c(n3)-c3cc5c(F)cccc5n3CO4)cc12. The van der Waals surface area contributed by atoms with Gasteiger partial charge in [-0.2, -0.15) is 0 Å². The van der Waals surface area contributed by atoms with Crippen molar-refractivity contribution in [3.8, 4) is 28.4 Å². The third-order valence-electron chi connectivity index (χ3n) is 7.42. The van der Waals surface area contributed by atoms with Crippen LogP contribution in [0.5, 0.6) is 5.75 Å². The summed E-state index contributed by atoms with van der Waals surface area (Å²) in [7, 11) is -0.884. The van der Waals surface area contributed by atoms with Gasteiger partial charge >= 0.3 is 0 Å². The molecule has 2 aromatic carbocycles. The van der Waals surface area contributed by atoms with Crippen LogP contribution in [0.2, 0.25) is 0 Å². The van der Waals surface area contributed by atoms with Crippen LogP contribution in [0.4, 0.5) is 10.1 Å². The molecule has 0 spiro atoms. The first-order valence-corrected chi connectivity index (χ1v) is 15.0. The second-order valence-corrected chi connectivity index (χ2v) is 12.0. The molecule has 12 heteroatoms. The van der Waals surface area contributed by atoms with Gasteiger partial charge in [0.05, 0.1) is 34.4 Å². The number of aromatic nitrogens is 2. The van der Waals surface area contributed by atoms with Crippen molar-refractivity contribution in [2.45, 2.75) is 27.0 Å². The molecule has 0 atom stereocenters. The number of benzene rings is 2. The zero-order chi connectivity index (χ0) is 29.9. The van der Waals surface area contributed by atoms with E-state index in [2.05, 4.69) is 5.16 Å². The number of Topliss-reactive ketones (excluding diaryl/α,β-unsaturated/α-hetero) is 1. The van der Waals surface area contributed by atoms with Crippen molar-refractivity contribution in [2.24, 2.45) is 5.16 Å². The van der Waals surface area contributed by atoms with Crippen molar-refractivity contribution in [1.82, 2.24) is 9.55 Å². The average Bonchev–Trinajstić information content (AvgIpc) is 3.54. The van der Waals surface area contributed by atoms with E-state index in [1.807, 2.05) is 10.6 Å². The van der Waals surface area contributed by atoms with Crippen molar-refractivity contribution in [1.29, 1.82) is 0 Å². The lowest BCUT2D eigenvalue weighted by molar-refractivity contribution is 0.0988. The highest BCUT2D eigenvalue weighted by molar-refractivity contribution is 7.92. The van der Waals surface area contributed by atoms with Gasteiger partial charge in [-0.25, -0.2) is 17.8 Å². The Labute approximate surface area is 241 Å². The van der Waals surface area contributed by atoms with Gasteiger partial charge < -0.3 is 18.6 Å². The number of fused-ring (bicyclic) bond motifs is 6. The van der Waals surface area contributed by atoms with E-state index in [1.165, 1.54) is 20.2 Å². The van der Waals surface area contributed by atoms with E-state index in [0.29, 0.717) is 61.5 Å². The minimum atomic E-state index is -3.71. The fourth-order valence-corrected chi connectivity index (χ4v) is 5.79. The van der Waals surface area contributed by atoms with Crippen LogP contribution in [0, 0.1) is 5.82 Å². The molecule has 0 radical (unpaired) electrons. The first kappa shape index (κ1) is 27.5. The summed E-state index contributed by atoms with van der Waals surface area (Å²) in [4.78, 5) is 23.0. The molecule has 0 fully saturated rings. The Morgan fingerprint density at radius 2 is 1.98 bits per heavy atom. The van der Waals surface area contributed by atoms with Crippen molar-refractivity contribution in [3.63, 3.8) is 0 Å². The summed E-state index contributed by atoms with van der Waals surface area (Å²) < 4.78 is 55.1. The number of hydrogen-bond acceptors (Lipinski definition) is 8. The van der Waals surface area contributed by atoms with Gasteiger partial charge in [-0.05, 0) is 43.3 Å². The summed E-state index contributed by atoms with van der Waals surface area (Å²) in [6, 6.07) is 13.3. The number of pyridine rings is 1. The third-order valence-corrected chi connectivity index (χ3v) is 8.61. The van der Waals surface area contributed by atoms with E-state index in [4.69, 9.17) is 19.0 Å². The molecule has 3 aromatic heterocycles. The average molecular weight is 591 g/mol. The lowest BCUT2D eigenvalue weighted by atomic mass is 9.99. The smallest absolute Gasteiger partial charge is 0.232 e. The molecule has 5 aromatic rings. The predicted octanol–water partition coefficient (Wildman–Crippen LogP) is 5.96. The summed E-state index contributed by atoms with van der Waals surface area (Å²) in [6.07, 6.45) is 1.30. The maximum Gasteiger partial charge on any atom is 0.232 e. The first-order chi connectivity index (χ1) is 20.0. The Balaban J connectivity index is 1.64. The van der Waals surface area contributed by atoms with Gasteiger partial charge in [0.25, 0.3) is 0 Å². The number of rotatable bonds is 7. The Kier molecular flexibility index (Phi) is 6.53. The van der Waals surface area contributed by atoms with E-state index in [-0.39, 0.29) is 36.2 Å². The van der Waals surface area contributed by atoms with Crippen molar-refractivity contribution >= 4 is 49.1 Å². The Morgan fingerprint density at radius 3 is 2.69 bits per heavy atom. The summed E-state index contributed by atoms with van der Waals surface area (Å²) in [5, 5.41) is 4.87. The minimum absolute atomic E-state index is 0.178. The number of ketones is 1. The fourth-order valence-electron chi connectivity index (χ4n) is 5.28. The Hall–Kier alpha value is -4.71. The molecule has 216 valence electrons. The monoisotopic (exact) mass is 590 g/mol. The molecule has 42 heavy (non-hydrogen) atoms. The largest absolute Gasteiger partial charge is 0.470 e. The maximum atomic E-state index is 14.6. The summed E-state index contributed by atoms with van der Waals surface area (Å²) in [5.41, 5.74) is 3.94. The summed E-state index contributed by atoms with van der Waals surface area (Å²) in [5.74, 6) is 0.211. The molecule has 1 aliphatic rings. The second-order valence-electron chi connectivity index (χ2n) is 9.99. The van der Waals surface area contributed by atoms with Crippen molar-refractivity contribution in [2.75, 3.05) is 24.7 Å². The van der Waals surface area contributed by atoms with Crippen LogP contribution >= 0.6 is 0 Å². The van der Waals surface area contributed by atoms with Crippen LogP contribution in [-0.4, -0.2) is 49.9 Å². The van der Waals surface area contributed by atoms with Crippen molar-refractivity contribution in [3.05, 3.63) is 65.7 Å². The van der Waals surface area contributed by atoms with Crippen LogP contribution in [0.25, 0.3) is 44.5 Å². The molecule has 1 aliphatic heterocycles. The van der Waals surface area contributed by atoms with Crippen LogP contribution in [0.15, 0.2) is 58.1 Å². The molecule has 0 unspecified atom stereocenters. The number of nitrogens with zero attached hydrogens (tertiary/aromatic N) is 4. The summed E-state index contributed by atoms with van der Waals surface area (Å²) >= 11 is 0. The number of oxime groups is 1. The highest BCUT2D eigenvalue weighted by atomic mass is 32.2. The number of halogens is 1. The van der Waals surface area contributed by atoms with Gasteiger partial charge in [0, 0.05) is 35.9 Å². The van der Waals surface area contributed by atoms with Gasteiger partial charge in [0.15, 0.2) is 18.3 Å². The van der Waals surface area contributed by atoms with E-state index in [0.717, 1.165) is 10.6 Å². The molecule has 0 N–H and O–H groups in total. The number of sulfonamides is 1. The van der Waals surface area contributed by atoms with Gasteiger partial charge in [0.2, 0.25) is 10.0 Å². The Bertz CT molecular complexity index is 2060. The normalized spacial score (nSPS) is 13.1. The molecule has 0 saturated carbocycles. The van der Waals surface area contributed by atoms with E-state index in [1.54, 1.807) is 50.2 Å². The van der Waals surface area contributed by atoms with Gasteiger partial charge in [-0.1, -0.05) is 18.1 Å². The number of furan rings is 1. The lowest BCUT2D eigenvalue weighted by Crippen LogP contribution is -2.25. The second kappa shape index (κ2) is 9.98. The number of carbonyl (C=O) groups is 1. The first-order valence-electron chi connectivity index (χ1n) is 13.1. The molecule has 10 nitrogen and oxygen atoms in total. The molecule has 0 bridgehead atoms. The number of ether oxygens (including phenoxy) is 1. The fraction of sp³-hybridized carbons (Fsp3) is 0.233. The Morgan fingerprint density at radius 1 is 1.19 bits per heavy atom. The molecule has 6 rings (SSSR count). The third kappa shape index (κ3) is 4.30. The topological polar surface area (TPSA) is 116 Å². The van der Waals surface area contributed by atoms with Crippen LogP contribution in [0.3, 0.4) is 0 Å². The molecule has 4 heterocycles. The quantitative estimate of drug-likeness (QED) is 0.130. The van der Waals surface area contributed by atoms with E-state index in [9.17, 15) is 17.6 Å². The van der Waals surface area contributed by atoms with E-state index >= 15 is 0 Å². The molecule has 0 amide bonds. The van der Waals surface area contributed by atoms with Gasteiger partial charge in [-0.3, -0.25) is 9.10 Å². The highest BCUT2D eigenvalue weighted by Gasteiger charge is 2.28. The molecule has 0 aliphatic carbocycles. The van der Waals surface area contributed by atoms with Crippen molar-refractivity contribution < 1.29 is 31.6 Å². The summed E-state index contributed by atoms with van der Waals surface area (Å²) in [6.45, 7) is 3.59. The zero-order valence-electron chi connectivity index (χ0n) is 23.6. The van der Waals surface area contributed by atoms with Gasteiger partial charge in [-0.15, -0.1) is 0 Å². The zero-order valence-corrected chi connectivity index (χ0v) is 24.4. The predicted molar refractivity (Wildman–Crippen MR) is 158 cm³/mol. The highest BCUT2D eigenvalue weighted by Crippen LogP contribution is 2.42. The maximum absolute atomic E-state index is 14.6. The molecule has 0 saturated heterocycles. The number of hydrogen-bond donors (Lipinski definition) is 0. The number of anilines is 1. The lowest BCUT2D eigenvalue weighted by Gasteiger charge is -2.23. The van der Waals surface area contributed by atoms with Crippen LogP contribution < -0.4 is 9.04 Å². The standard InChI is InChI=1S/C30H27FN4O6S/c1-6-25(36)28-19-12-18(23(34(3)42(5,37)38)14-27(19)41-30(28)16(2)33-39-4)21-10-11-26-29(32-21)24-13-17-20(31)8-7-9-22(17)35(24)15-40-26/h7-14H,6,15H2,1-5H3/b33-16+. The van der Waals surface area contributed by atoms with Gasteiger partial charge in [0.1, 0.15) is 35.7 Å².